The first-order valence-corrected chi connectivity index (χ1v) is 12.4. The van der Waals surface area contributed by atoms with Crippen LogP contribution < -0.4 is 14.2 Å². The molecule has 32 heavy (non-hydrogen) atoms. The largest absolute Gasteiger partial charge is 0.493 e. The molecule has 3 aromatic carbocycles. The highest BCUT2D eigenvalue weighted by Gasteiger charge is 2.42. The number of hydrogen-bond acceptors (Lipinski definition) is 5. The highest BCUT2D eigenvalue weighted by Crippen LogP contribution is 2.51. The maximum absolute atomic E-state index is 6.54. The lowest BCUT2D eigenvalue weighted by atomic mass is 9.96. The second kappa shape index (κ2) is 8.72. The molecular formula is C24H19Br3N2O3. The Balaban J connectivity index is 1.62. The molecule has 0 aromatic heterocycles. The third kappa shape index (κ3) is 3.82. The molecule has 0 amide bonds. The number of hydrazone groups is 1. The molecule has 0 spiro atoms. The first kappa shape index (κ1) is 21.8. The molecule has 0 saturated carbocycles. The smallest absolute Gasteiger partial charge is 0.214 e. The lowest BCUT2D eigenvalue weighted by molar-refractivity contribution is -0.0198. The van der Waals surface area contributed by atoms with Crippen molar-refractivity contribution in [3.8, 4) is 17.2 Å². The van der Waals surface area contributed by atoms with Gasteiger partial charge >= 0.3 is 0 Å². The van der Waals surface area contributed by atoms with E-state index in [1.807, 2.05) is 36.4 Å². The van der Waals surface area contributed by atoms with Gasteiger partial charge in [0.05, 0.1) is 30.4 Å². The van der Waals surface area contributed by atoms with E-state index in [0.29, 0.717) is 11.5 Å². The molecule has 164 valence electrons. The van der Waals surface area contributed by atoms with Crippen LogP contribution in [0.5, 0.6) is 17.2 Å². The lowest BCUT2D eigenvalue weighted by Crippen LogP contribution is -2.34. The van der Waals surface area contributed by atoms with Crippen LogP contribution in [0.3, 0.4) is 0 Å². The molecule has 0 aliphatic carbocycles. The van der Waals surface area contributed by atoms with Crippen LogP contribution >= 0.6 is 47.8 Å². The number of nitrogens with zero attached hydrogens (tertiary/aromatic N) is 2. The predicted octanol–water partition coefficient (Wildman–Crippen LogP) is 7.23. The molecule has 0 unspecified atom stereocenters. The van der Waals surface area contributed by atoms with Crippen molar-refractivity contribution in [1.29, 1.82) is 0 Å². The SMILES string of the molecule is COc1ccc([C@H]2Oc3c(Br)cc(Br)cc3[C@H]3CC(c4ccc(Br)cc4)=NN32)cc1OC. The molecule has 2 heterocycles. The molecule has 5 rings (SSSR count). The maximum atomic E-state index is 6.54. The Morgan fingerprint density at radius 2 is 1.66 bits per heavy atom. The monoisotopic (exact) mass is 620 g/mol. The lowest BCUT2D eigenvalue weighted by Gasteiger charge is -2.38. The molecule has 2 aliphatic rings. The fraction of sp³-hybridized carbons (Fsp3) is 0.208. The van der Waals surface area contributed by atoms with Gasteiger partial charge in [-0.25, -0.2) is 5.01 Å². The summed E-state index contributed by atoms with van der Waals surface area (Å²) in [4.78, 5) is 0. The fourth-order valence-corrected chi connectivity index (χ4v) is 5.77. The van der Waals surface area contributed by atoms with Crippen molar-refractivity contribution in [3.63, 3.8) is 0 Å². The predicted molar refractivity (Wildman–Crippen MR) is 135 cm³/mol. The van der Waals surface area contributed by atoms with Gasteiger partial charge in [-0.3, -0.25) is 0 Å². The normalized spacial score (nSPS) is 19.0. The number of rotatable bonds is 4. The van der Waals surface area contributed by atoms with Gasteiger partial charge in [0.1, 0.15) is 5.75 Å². The molecule has 0 fully saturated rings. The Bertz CT molecular complexity index is 1210. The number of halogens is 3. The molecule has 2 aliphatic heterocycles. The average molecular weight is 623 g/mol. The summed E-state index contributed by atoms with van der Waals surface area (Å²) < 4.78 is 20.4. The van der Waals surface area contributed by atoms with E-state index >= 15 is 0 Å². The van der Waals surface area contributed by atoms with Gasteiger partial charge in [-0.05, 0) is 64.0 Å². The third-order valence-electron chi connectivity index (χ3n) is 5.68. The van der Waals surface area contributed by atoms with Crippen LogP contribution in [-0.4, -0.2) is 24.9 Å². The van der Waals surface area contributed by atoms with Gasteiger partial charge in [0.15, 0.2) is 11.5 Å². The van der Waals surface area contributed by atoms with E-state index in [2.05, 4.69) is 71.0 Å². The van der Waals surface area contributed by atoms with Crippen LogP contribution in [0.4, 0.5) is 0 Å². The first-order valence-electron chi connectivity index (χ1n) is 9.97. The molecule has 0 bridgehead atoms. The summed E-state index contributed by atoms with van der Waals surface area (Å²) in [5, 5.41) is 7.09. The number of ether oxygens (including phenoxy) is 3. The Kier molecular flexibility index (Phi) is 5.94. The fourth-order valence-electron chi connectivity index (χ4n) is 4.16. The van der Waals surface area contributed by atoms with Crippen molar-refractivity contribution in [3.05, 3.63) is 84.7 Å². The minimum Gasteiger partial charge on any atom is -0.493 e. The Hall–Kier alpha value is -2.03. The van der Waals surface area contributed by atoms with Crippen molar-refractivity contribution >= 4 is 53.5 Å². The van der Waals surface area contributed by atoms with E-state index in [4.69, 9.17) is 19.3 Å². The van der Waals surface area contributed by atoms with Crippen molar-refractivity contribution in [2.45, 2.75) is 18.7 Å². The Morgan fingerprint density at radius 3 is 2.38 bits per heavy atom. The topological polar surface area (TPSA) is 43.3 Å². The van der Waals surface area contributed by atoms with Crippen molar-refractivity contribution in [2.24, 2.45) is 5.10 Å². The summed E-state index contributed by atoms with van der Waals surface area (Å²) in [6, 6.07) is 18.3. The molecule has 0 N–H and O–H groups in total. The van der Waals surface area contributed by atoms with Crippen LogP contribution in [-0.2, 0) is 0 Å². The van der Waals surface area contributed by atoms with E-state index in [1.165, 1.54) is 0 Å². The van der Waals surface area contributed by atoms with Crippen LogP contribution in [0.15, 0.2) is 73.1 Å². The van der Waals surface area contributed by atoms with E-state index < -0.39 is 6.23 Å². The summed E-state index contributed by atoms with van der Waals surface area (Å²) in [6.07, 6.45) is 0.378. The molecule has 0 radical (unpaired) electrons. The minimum absolute atomic E-state index is 0.0456. The van der Waals surface area contributed by atoms with Gasteiger partial charge in [-0.1, -0.05) is 44.0 Å². The number of methoxy groups -OCH3 is 2. The van der Waals surface area contributed by atoms with Gasteiger partial charge in [0, 0.05) is 26.5 Å². The Labute approximate surface area is 211 Å². The molecule has 8 heteroatoms. The standard InChI is InChI=1S/C24H19Br3N2O3/c1-30-21-8-5-14(9-22(21)31-2)24-29-20(17-10-16(26)11-18(27)23(17)32-24)12-19(28-29)13-3-6-15(25)7-4-13/h3-11,20,24H,12H2,1-2H3/t20-,24-/m1/s1. The van der Waals surface area contributed by atoms with Crippen molar-refractivity contribution in [2.75, 3.05) is 14.2 Å². The highest BCUT2D eigenvalue weighted by atomic mass is 79.9. The van der Waals surface area contributed by atoms with Gasteiger partial charge in [-0.2, -0.15) is 5.10 Å². The quantitative estimate of drug-likeness (QED) is 0.308. The zero-order chi connectivity index (χ0) is 22.4. The molecule has 0 saturated heterocycles. The van der Waals surface area contributed by atoms with Crippen LogP contribution in [0, 0.1) is 0 Å². The van der Waals surface area contributed by atoms with Crippen LogP contribution in [0.1, 0.15) is 35.4 Å². The van der Waals surface area contributed by atoms with E-state index in [0.717, 1.165) is 48.0 Å². The molecule has 5 nitrogen and oxygen atoms in total. The van der Waals surface area contributed by atoms with E-state index in [1.54, 1.807) is 14.2 Å². The second-order valence-electron chi connectivity index (χ2n) is 7.54. The molecule has 3 aromatic rings. The van der Waals surface area contributed by atoms with E-state index in [9.17, 15) is 0 Å². The third-order valence-corrected chi connectivity index (χ3v) is 7.25. The highest BCUT2D eigenvalue weighted by molar-refractivity contribution is 9.11. The van der Waals surface area contributed by atoms with Gasteiger partial charge in [0.2, 0.25) is 6.23 Å². The van der Waals surface area contributed by atoms with E-state index in [-0.39, 0.29) is 6.04 Å². The zero-order valence-corrected chi connectivity index (χ0v) is 22.1. The molecular weight excluding hydrogens is 604 g/mol. The summed E-state index contributed by atoms with van der Waals surface area (Å²) in [5.74, 6) is 2.17. The van der Waals surface area contributed by atoms with Gasteiger partial charge < -0.3 is 14.2 Å². The van der Waals surface area contributed by atoms with Crippen LogP contribution in [0.2, 0.25) is 0 Å². The summed E-state index contributed by atoms with van der Waals surface area (Å²) in [7, 11) is 3.26. The van der Waals surface area contributed by atoms with Gasteiger partial charge in [-0.15, -0.1) is 0 Å². The summed E-state index contributed by atoms with van der Waals surface area (Å²) in [5.41, 5.74) is 4.16. The Morgan fingerprint density at radius 1 is 0.906 bits per heavy atom. The first-order chi connectivity index (χ1) is 15.5. The summed E-state index contributed by atoms with van der Waals surface area (Å²) in [6.45, 7) is 0. The van der Waals surface area contributed by atoms with Crippen molar-refractivity contribution < 1.29 is 14.2 Å². The van der Waals surface area contributed by atoms with Gasteiger partial charge in [0.25, 0.3) is 0 Å². The summed E-state index contributed by atoms with van der Waals surface area (Å²) >= 11 is 10.8. The average Bonchev–Trinajstić information content (AvgIpc) is 3.24. The van der Waals surface area contributed by atoms with Crippen molar-refractivity contribution in [1.82, 2.24) is 5.01 Å². The van der Waals surface area contributed by atoms with Crippen LogP contribution in [0.25, 0.3) is 0 Å². The second-order valence-corrected chi connectivity index (χ2v) is 10.2. The molecule has 2 atom stereocenters. The zero-order valence-electron chi connectivity index (χ0n) is 17.3. The maximum Gasteiger partial charge on any atom is 0.214 e. The minimum atomic E-state index is -0.405. The number of hydrogen-bond donors (Lipinski definition) is 0. The number of fused-ring (bicyclic) bond motifs is 3. The number of benzene rings is 3.